The van der Waals surface area contributed by atoms with Gasteiger partial charge in [0.25, 0.3) is 5.91 Å². The summed E-state index contributed by atoms with van der Waals surface area (Å²) in [5, 5.41) is 0. The van der Waals surface area contributed by atoms with Crippen LogP contribution < -0.4 is 0 Å². The molecule has 0 spiro atoms. The van der Waals surface area contributed by atoms with Crippen molar-refractivity contribution >= 4 is 11.9 Å². The third-order valence-corrected chi connectivity index (χ3v) is 5.28. The fourth-order valence-corrected chi connectivity index (χ4v) is 3.82. The second kappa shape index (κ2) is 6.92. The number of benzene rings is 2. The zero-order valence-electron chi connectivity index (χ0n) is 15.0. The molecule has 2 aromatic rings. The van der Waals surface area contributed by atoms with Crippen molar-refractivity contribution in [2.45, 2.75) is 25.6 Å². The van der Waals surface area contributed by atoms with Crippen LogP contribution in [0.2, 0.25) is 0 Å². The van der Waals surface area contributed by atoms with Gasteiger partial charge in [-0.05, 0) is 23.7 Å². The van der Waals surface area contributed by atoms with Gasteiger partial charge in [-0.3, -0.25) is 9.69 Å². The minimum atomic E-state index is -0.336. The SMILES string of the molecule is CN(CCN1C(=O)C2Cc3ccccc3CN2C1=O)Cc1ccccc1. The number of fused-ring (bicyclic) bond motifs is 2. The van der Waals surface area contributed by atoms with Crippen LogP contribution in [-0.2, 0) is 24.3 Å². The van der Waals surface area contributed by atoms with Crippen molar-refractivity contribution in [2.24, 2.45) is 0 Å². The van der Waals surface area contributed by atoms with E-state index in [1.807, 2.05) is 43.4 Å². The lowest BCUT2D eigenvalue weighted by atomic mass is 9.95. The molecule has 0 radical (unpaired) electrons. The van der Waals surface area contributed by atoms with Gasteiger partial charge in [0.2, 0.25) is 0 Å². The normalized spacial score (nSPS) is 19.1. The Bertz CT molecular complexity index is 778. The number of amides is 3. The standard InChI is InChI=1S/C21H23N3O2/c1-22(14-16-7-3-2-4-8-16)11-12-23-20(25)19-13-17-9-5-6-10-18(17)15-24(19)21(23)26/h2-10,19H,11-15H2,1H3. The van der Waals surface area contributed by atoms with E-state index in [0.29, 0.717) is 26.1 Å². The van der Waals surface area contributed by atoms with Gasteiger partial charge in [-0.25, -0.2) is 4.79 Å². The molecule has 2 aliphatic heterocycles. The van der Waals surface area contributed by atoms with Crippen LogP contribution in [0.4, 0.5) is 4.79 Å². The van der Waals surface area contributed by atoms with E-state index in [9.17, 15) is 9.59 Å². The average Bonchev–Trinajstić information content (AvgIpc) is 2.89. The predicted molar refractivity (Wildman–Crippen MR) is 99.4 cm³/mol. The van der Waals surface area contributed by atoms with Crippen LogP contribution in [0, 0.1) is 0 Å². The first kappa shape index (κ1) is 16.8. The molecular weight excluding hydrogens is 326 g/mol. The molecule has 134 valence electrons. The minimum absolute atomic E-state index is 0.0578. The second-order valence-corrected chi connectivity index (χ2v) is 7.11. The Morgan fingerprint density at radius 2 is 1.69 bits per heavy atom. The fourth-order valence-electron chi connectivity index (χ4n) is 3.82. The van der Waals surface area contributed by atoms with Gasteiger partial charge in [-0.1, -0.05) is 54.6 Å². The van der Waals surface area contributed by atoms with Crippen molar-refractivity contribution in [2.75, 3.05) is 20.1 Å². The predicted octanol–water partition coefficient (Wildman–Crippen LogP) is 2.51. The number of nitrogens with zero attached hydrogens (tertiary/aromatic N) is 3. The van der Waals surface area contributed by atoms with Crippen molar-refractivity contribution in [3.05, 3.63) is 71.3 Å². The lowest BCUT2D eigenvalue weighted by Crippen LogP contribution is -2.40. The van der Waals surface area contributed by atoms with E-state index in [1.54, 1.807) is 4.90 Å². The molecule has 1 saturated heterocycles. The number of imide groups is 1. The fraction of sp³-hybridized carbons (Fsp3) is 0.333. The molecule has 0 saturated carbocycles. The van der Waals surface area contributed by atoms with Gasteiger partial charge < -0.3 is 9.80 Å². The topological polar surface area (TPSA) is 43.9 Å². The molecule has 3 amide bonds. The number of urea groups is 1. The Balaban J connectivity index is 1.40. The van der Waals surface area contributed by atoms with Crippen LogP contribution in [-0.4, -0.2) is 52.8 Å². The molecule has 1 fully saturated rings. The van der Waals surface area contributed by atoms with Crippen LogP contribution in [0.25, 0.3) is 0 Å². The Kier molecular flexibility index (Phi) is 4.47. The van der Waals surface area contributed by atoms with E-state index in [4.69, 9.17) is 0 Å². The van der Waals surface area contributed by atoms with Crippen LogP contribution in [0.5, 0.6) is 0 Å². The summed E-state index contributed by atoms with van der Waals surface area (Å²) in [5.74, 6) is -0.0578. The maximum Gasteiger partial charge on any atom is 0.327 e. The highest BCUT2D eigenvalue weighted by molar-refractivity contribution is 6.04. The quantitative estimate of drug-likeness (QED) is 0.779. The molecule has 5 heteroatoms. The molecule has 1 atom stereocenters. The maximum absolute atomic E-state index is 12.8. The molecule has 0 bridgehead atoms. The number of rotatable bonds is 5. The Morgan fingerprint density at radius 1 is 1.00 bits per heavy atom. The molecule has 2 aliphatic rings. The Morgan fingerprint density at radius 3 is 2.46 bits per heavy atom. The first-order valence-electron chi connectivity index (χ1n) is 9.05. The lowest BCUT2D eigenvalue weighted by molar-refractivity contribution is -0.128. The van der Waals surface area contributed by atoms with Crippen molar-refractivity contribution < 1.29 is 9.59 Å². The third kappa shape index (κ3) is 3.10. The molecule has 4 rings (SSSR count). The summed E-state index contributed by atoms with van der Waals surface area (Å²) in [4.78, 5) is 30.8. The molecule has 2 heterocycles. The summed E-state index contributed by atoms with van der Waals surface area (Å²) < 4.78 is 0. The molecule has 1 unspecified atom stereocenters. The van der Waals surface area contributed by atoms with Gasteiger partial charge in [-0.2, -0.15) is 0 Å². The molecule has 0 aliphatic carbocycles. The maximum atomic E-state index is 12.8. The largest absolute Gasteiger partial charge is 0.327 e. The molecule has 26 heavy (non-hydrogen) atoms. The molecule has 2 aromatic carbocycles. The molecule has 0 aromatic heterocycles. The van der Waals surface area contributed by atoms with Crippen molar-refractivity contribution in [1.29, 1.82) is 0 Å². The van der Waals surface area contributed by atoms with Gasteiger partial charge in [-0.15, -0.1) is 0 Å². The summed E-state index contributed by atoms with van der Waals surface area (Å²) in [6, 6.07) is 17.8. The first-order valence-corrected chi connectivity index (χ1v) is 9.05. The summed E-state index contributed by atoms with van der Waals surface area (Å²) in [7, 11) is 2.02. The van der Waals surface area contributed by atoms with Crippen molar-refractivity contribution in [1.82, 2.24) is 14.7 Å². The summed E-state index contributed by atoms with van der Waals surface area (Å²) in [6.07, 6.45) is 0.622. The van der Waals surface area contributed by atoms with Gasteiger partial charge in [0.15, 0.2) is 0 Å². The van der Waals surface area contributed by atoms with E-state index >= 15 is 0 Å². The third-order valence-electron chi connectivity index (χ3n) is 5.28. The van der Waals surface area contributed by atoms with Gasteiger partial charge in [0, 0.05) is 32.6 Å². The Hall–Kier alpha value is -2.66. The van der Waals surface area contributed by atoms with E-state index in [-0.39, 0.29) is 18.0 Å². The van der Waals surface area contributed by atoms with Crippen LogP contribution in [0.1, 0.15) is 16.7 Å². The van der Waals surface area contributed by atoms with E-state index in [1.165, 1.54) is 16.0 Å². The average molecular weight is 349 g/mol. The van der Waals surface area contributed by atoms with Gasteiger partial charge in [0.05, 0.1) is 0 Å². The molecule has 0 N–H and O–H groups in total. The number of hydrogen-bond acceptors (Lipinski definition) is 3. The summed E-state index contributed by atoms with van der Waals surface area (Å²) in [5.41, 5.74) is 3.55. The van der Waals surface area contributed by atoms with E-state index in [0.717, 1.165) is 12.1 Å². The second-order valence-electron chi connectivity index (χ2n) is 7.11. The highest BCUT2D eigenvalue weighted by Crippen LogP contribution is 2.29. The van der Waals surface area contributed by atoms with Crippen molar-refractivity contribution in [3.8, 4) is 0 Å². The number of carbonyl (C=O) groups excluding carboxylic acids is 2. The lowest BCUT2D eigenvalue weighted by Gasteiger charge is -2.28. The summed E-state index contributed by atoms with van der Waals surface area (Å²) >= 11 is 0. The zero-order chi connectivity index (χ0) is 18.1. The summed E-state index contributed by atoms with van der Waals surface area (Å²) in [6.45, 7) is 2.43. The smallest absolute Gasteiger partial charge is 0.308 e. The number of carbonyl (C=O) groups is 2. The zero-order valence-corrected chi connectivity index (χ0v) is 15.0. The highest BCUT2D eigenvalue weighted by atomic mass is 16.2. The van der Waals surface area contributed by atoms with Gasteiger partial charge in [0.1, 0.15) is 6.04 Å². The highest BCUT2D eigenvalue weighted by Gasteiger charge is 2.46. The monoisotopic (exact) mass is 349 g/mol. The first-order chi connectivity index (χ1) is 12.6. The van der Waals surface area contributed by atoms with Crippen molar-refractivity contribution in [3.63, 3.8) is 0 Å². The van der Waals surface area contributed by atoms with E-state index < -0.39 is 0 Å². The van der Waals surface area contributed by atoms with Crippen LogP contribution >= 0.6 is 0 Å². The van der Waals surface area contributed by atoms with Crippen LogP contribution in [0.3, 0.4) is 0 Å². The Labute approximate surface area is 153 Å². The number of likely N-dealkylation sites (N-methyl/N-ethyl adjacent to an activating group) is 1. The molecular formula is C21H23N3O2. The van der Waals surface area contributed by atoms with E-state index in [2.05, 4.69) is 23.1 Å². The van der Waals surface area contributed by atoms with Gasteiger partial charge >= 0.3 is 6.03 Å². The minimum Gasteiger partial charge on any atom is -0.308 e. The van der Waals surface area contributed by atoms with Crippen LogP contribution in [0.15, 0.2) is 54.6 Å². The number of hydrogen-bond donors (Lipinski definition) is 0. The molecule has 5 nitrogen and oxygen atoms in total.